The first-order valence-corrected chi connectivity index (χ1v) is 11.8. The van der Waals surface area contributed by atoms with Crippen molar-refractivity contribution in [2.75, 3.05) is 0 Å². The Morgan fingerprint density at radius 1 is 0.914 bits per heavy atom. The zero-order valence-corrected chi connectivity index (χ0v) is 20.5. The van der Waals surface area contributed by atoms with E-state index in [-0.39, 0.29) is 6.03 Å². The fourth-order valence-corrected chi connectivity index (χ4v) is 4.31. The van der Waals surface area contributed by atoms with Gasteiger partial charge in [0.15, 0.2) is 0 Å². The predicted octanol–water partition coefficient (Wildman–Crippen LogP) is 6.70. The molecule has 0 fully saturated rings. The molecule has 7 heteroatoms. The number of benzene rings is 3. The minimum atomic E-state index is -0.420. The molecule has 0 saturated carbocycles. The first-order valence-electron chi connectivity index (χ1n) is 11.4. The molecule has 1 N–H and O–H groups in total. The first-order chi connectivity index (χ1) is 16.9. The highest BCUT2D eigenvalue weighted by Gasteiger charge is 2.35. The van der Waals surface area contributed by atoms with Gasteiger partial charge in [-0.05, 0) is 56.2 Å². The van der Waals surface area contributed by atoms with Crippen LogP contribution in [0.5, 0.6) is 0 Å². The fourth-order valence-electron chi connectivity index (χ4n) is 4.18. The number of carbonyl (C=O) groups is 1. The van der Waals surface area contributed by atoms with Gasteiger partial charge in [-0.15, -0.1) is 0 Å². The Morgan fingerprint density at radius 2 is 1.54 bits per heavy atom. The lowest BCUT2D eigenvalue weighted by atomic mass is 9.94. The number of carbonyl (C=O) groups excluding carboxylic acids is 1. The Morgan fingerprint density at radius 3 is 2.20 bits per heavy atom. The van der Waals surface area contributed by atoms with Gasteiger partial charge in [0.1, 0.15) is 0 Å². The summed E-state index contributed by atoms with van der Waals surface area (Å²) in [6.45, 7) is 6.43. The molecule has 6 nitrogen and oxygen atoms in total. The topological polar surface area (TPSA) is 71.3 Å². The van der Waals surface area contributed by atoms with E-state index in [1.54, 1.807) is 17.0 Å². The molecule has 35 heavy (non-hydrogen) atoms. The summed E-state index contributed by atoms with van der Waals surface area (Å²) < 4.78 is 5.75. The van der Waals surface area contributed by atoms with Gasteiger partial charge in [-0.1, -0.05) is 76.4 Å². The van der Waals surface area contributed by atoms with E-state index in [1.165, 1.54) is 5.56 Å². The second-order valence-electron chi connectivity index (χ2n) is 8.79. The zero-order valence-electron chi connectivity index (χ0n) is 19.7. The normalized spacial score (nSPS) is 15.9. The minimum absolute atomic E-state index is 0.171. The molecule has 1 atom stereocenters. The van der Waals surface area contributed by atoms with E-state index in [9.17, 15) is 4.79 Å². The second kappa shape index (κ2) is 9.39. The van der Waals surface area contributed by atoms with Crippen molar-refractivity contribution in [3.63, 3.8) is 0 Å². The van der Waals surface area contributed by atoms with Crippen LogP contribution in [-0.4, -0.2) is 21.1 Å². The van der Waals surface area contributed by atoms with E-state index in [0.717, 1.165) is 33.5 Å². The molecule has 2 heterocycles. The van der Waals surface area contributed by atoms with Crippen LogP contribution in [0.2, 0.25) is 5.02 Å². The van der Waals surface area contributed by atoms with Crippen LogP contribution in [0.3, 0.4) is 0 Å². The molecule has 1 unspecified atom stereocenters. The number of aryl methyl sites for hydroxylation is 2. The monoisotopic (exact) mass is 484 g/mol. The van der Waals surface area contributed by atoms with Crippen LogP contribution in [-0.2, 0) is 6.54 Å². The fraction of sp³-hybridized carbons (Fsp3) is 0.179. The molecule has 1 aliphatic heterocycles. The van der Waals surface area contributed by atoms with E-state index in [4.69, 9.17) is 21.1 Å². The maximum absolute atomic E-state index is 13.3. The van der Waals surface area contributed by atoms with Crippen molar-refractivity contribution >= 4 is 23.2 Å². The van der Waals surface area contributed by atoms with Gasteiger partial charge in [-0.2, -0.15) is 4.98 Å². The number of aromatic nitrogens is 2. The van der Waals surface area contributed by atoms with Crippen LogP contribution in [0.1, 0.15) is 41.1 Å². The molecular weight excluding hydrogens is 460 g/mol. The molecule has 176 valence electrons. The Balaban J connectivity index is 1.58. The highest BCUT2D eigenvalue weighted by atomic mass is 35.5. The van der Waals surface area contributed by atoms with Crippen molar-refractivity contribution in [2.24, 2.45) is 0 Å². The number of amides is 2. The summed E-state index contributed by atoms with van der Waals surface area (Å²) in [6.07, 6.45) is 0. The summed E-state index contributed by atoms with van der Waals surface area (Å²) in [4.78, 5) is 19.7. The largest absolute Gasteiger partial charge is 0.334 e. The lowest BCUT2D eigenvalue weighted by Crippen LogP contribution is -2.45. The summed E-state index contributed by atoms with van der Waals surface area (Å²) in [5, 5.41) is 8.00. The maximum Gasteiger partial charge on any atom is 0.322 e. The van der Waals surface area contributed by atoms with Gasteiger partial charge in [0.25, 0.3) is 5.89 Å². The highest BCUT2D eigenvalue weighted by Crippen LogP contribution is 2.38. The lowest BCUT2D eigenvalue weighted by Gasteiger charge is -2.35. The number of hydrogen-bond acceptors (Lipinski definition) is 4. The van der Waals surface area contributed by atoms with E-state index >= 15 is 0 Å². The summed E-state index contributed by atoms with van der Waals surface area (Å²) in [7, 11) is 0. The number of allylic oxidation sites excluding steroid dienone is 1. The van der Waals surface area contributed by atoms with Gasteiger partial charge < -0.3 is 9.84 Å². The molecule has 0 saturated heterocycles. The average molecular weight is 485 g/mol. The molecule has 0 bridgehead atoms. The minimum Gasteiger partial charge on any atom is -0.334 e. The molecule has 1 aromatic heterocycles. The molecule has 3 aromatic carbocycles. The molecule has 4 aromatic rings. The van der Waals surface area contributed by atoms with Crippen LogP contribution in [0, 0.1) is 13.8 Å². The number of urea groups is 1. The number of halogens is 1. The predicted molar refractivity (Wildman–Crippen MR) is 137 cm³/mol. The Labute approximate surface area is 209 Å². The van der Waals surface area contributed by atoms with E-state index in [1.807, 2.05) is 81.4 Å². The number of rotatable bonds is 5. The van der Waals surface area contributed by atoms with E-state index < -0.39 is 6.04 Å². The SMILES string of the molecule is CC1=C(c2nc(-c3ccc(Cl)cc3)no2)C(c2ccc(C)cc2)NC(=O)N1Cc1ccc(C)cc1. The zero-order chi connectivity index (χ0) is 24.5. The van der Waals surface area contributed by atoms with Crippen molar-refractivity contribution in [2.45, 2.75) is 33.4 Å². The van der Waals surface area contributed by atoms with Gasteiger partial charge in [-0.25, -0.2) is 4.79 Å². The first kappa shape index (κ1) is 22.9. The van der Waals surface area contributed by atoms with Crippen LogP contribution in [0.15, 0.2) is 83.0 Å². The summed E-state index contributed by atoms with van der Waals surface area (Å²) in [6, 6.07) is 22.9. The van der Waals surface area contributed by atoms with Crippen LogP contribution < -0.4 is 5.32 Å². The molecule has 5 rings (SSSR count). The summed E-state index contributed by atoms with van der Waals surface area (Å²) >= 11 is 6.03. The van der Waals surface area contributed by atoms with Gasteiger partial charge in [-0.3, -0.25) is 4.90 Å². The quantitative estimate of drug-likeness (QED) is 0.342. The van der Waals surface area contributed by atoms with Gasteiger partial charge in [0.2, 0.25) is 5.82 Å². The average Bonchev–Trinajstić information content (AvgIpc) is 3.33. The number of nitrogens with zero attached hydrogens (tertiary/aromatic N) is 3. The van der Waals surface area contributed by atoms with Crippen molar-refractivity contribution in [1.82, 2.24) is 20.4 Å². The number of hydrogen-bond donors (Lipinski definition) is 1. The standard InChI is InChI=1S/C28H25ClN4O2/c1-17-4-8-20(9-5-17)16-33-19(3)24(25(30-28(33)34)21-10-6-18(2)7-11-21)27-31-26(32-35-27)22-12-14-23(29)15-13-22/h4-15,25H,16H2,1-3H3,(H,30,34). The van der Waals surface area contributed by atoms with E-state index in [2.05, 4.69) is 10.5 Å². The number of nitrogens with one attached hydrogen (secondary N) is 1. The molecule has 2 amide bonds. The maximum atomic E-state index is 13.3. The molecule has 1 aliphatic rings. The van der Waals surface area contributed by atoms with Crippen molar-refractivity contribution in [3.8, 4) is 11.4 Å². The molecule has 0 aliphatic carbocycles. The van der Waals surface area contributed by atoms with Crippen molar-refractivity contribution in [3.05, 3.63) is 112 Å². The summed E-state index contributed by atoms with van der Waals surface area (Å²) in [5.41, 5.74) is 6.63. The van der Waals surface area contributed by atoms with Crippen LogP contribution in [0.4, 0.5) is 4.79 Å². The Kier molecular flexibility index (Phi) is 6.14. The van der Waals surface area contributed by atoms with Crippen molar-refractivity contribution < 1.29 is 9.32 Å². The van der Waals surface area contributed by atoms with Crippen LogP contribution in [0.25, 0.3) is 17.0 Å². The molecule has 0 radical (unpaired) electrons. The third kappa shape index (κ3) is 4.70. The third-order valence-corrected chi connectivity index (χ3v) is 6.48. The van der Waals surface area contributed by atoms with Crippen LogP contribution >= 0.6 is 11.6 Å². The Hall–Kier alpha value is -3.90. The smallest absolute Gasteiger partial charge is 0.322 e. The van der Waals surface area contributed by atoms with Crippen molar-refractivity contribution in [1.29, 1.82) is 0 Å². The lowest BCUT2D eigenvalue weighted by molar-refractivity contribution is 0.203. The molecular formula is C28H25ClN4O2. The Bertz CT molecular complexity index is 1390. The van der Waals surface area contributed by atoms with Gasteiger partial charge >= 0.3 is 6.03 Å². The third-order valence-electron chi connectivity index (χ3n) is 6.23. The highest BCUT2D eigenvalue weighted by molar-refractivity contribution is 6.30. The second-order valence-corrected chi connectivity index (χ2v) is 9.23. The van der Waals surface area contributed by atoms with Gasteiger partial charge in [0.05, 0.1) is 18.2 Å². The summed E-state index contributed by atoms with van der Waals surface area (Å²) in [5.74, 6) is 0.827. The molecule has 0 spiro atoms. The van der Waals surface area contributed by atoms with E-state index in [0.29, 0.717) is 23.3 Å². The van der Waals surface area contributed by atoms with Gasteiger partial charge in [0, 0.05) is 16.3 Å².